The van der Waals surface area contributed by atoms with Gasteiger partial charge in [-0.3, -0.25) is 14.2 Å². The van der Waals surface area contributed by atoms with Crippen LogP contribution in [-0.4, -0.2) is 21.2 Å². The van der Waals surface area contributed by atoms with Gasteiger partial charge in [0.1, 0.15) is 0 Å². The van der Waals surface area contributed by atoms with Gasteiger partial charge in [-0.05, 0) is 38.0 Å². The van der Waals surface area contributed by atoms with Crippen LogP contribution in [-0.2, 0) is 4.79 Å². The van der Waals surface area contributed by atoms with E-state index < -0.39 is 0 Å². The van der Waals surface area contributed by atoms with Crippen LogP contribution in [0, 0.1) is 0 Å². The minimum Gasteiger partial charge on any atom is -0.349 e. The number of aromatic nitrogens is 2. The summed E-state index contributed by atoms with van der Waals surface area (Å²) in [6.45, 7) is 6.01. The molecule has 2 aromatic carbocycles. The highest BCUT2D eigenvalue weighted by molar-refractivity contribution is 7.99. The monoisotopic (exact) mass is 409 g/mol. The molecule has 0 fully saturated rings. The van der Waals surface area contributed by atoms with E-state index in [0.717, 1.165) is 18.4 Å². The lowest BCUT2D eigenvalue weighted by Gasteiger charge is -2.19. The first kappa shape index (κ1) is 21.1. The standard InChI is InChI=1S/C23H27N3O2S/c1-4-10-19(17-11-6-5-7-12-17)24-21(27)15-29-23-25-20-14-9-8-13-18(20)22(28)26(23)16(2)3/h5-9,11-14,16,19H,4,10,15H2,1-3H3,(H,24,27). The Morgan fingerprint density at radius 3 is 2.48 bits per heavy atom. The number of carbonyl (C=O) groups is 1. The average molecular weight is 410 g/mol. The first-order valence-electron chi connectivity index (χ1n) is 9.99. The van der Waals surface area contributed by atoms with E-state index in [-0.39, 0.29) is 29.3 Å². The van der Waals surface area contributed by atoms with E-state index in [1.165, 1.54) is 11.8 Å². The number of fused-ring (bicyclic) bond motifs is 1. The molecule has 0 saturated carbocycles. The molecule has 3 aromatic rings. The molecule has 152 valence electrons. The summed E-state index contributed by atoms with van der Waals surface area (Å²) in [5.41, 5.74) is 1.70. The molecule has 1 N–H and O–H groups in total. The molecule has 0 spiro atoms. The van der Waals surface area contributed by atoms with Gasteiger partial charge in [-0.25, -0.2) is 4.98 Å². The normalized spacial score (nSPS) is 12.3. The van der Waals surface area contributed by atoms with E-state index in [1.807, 2.05) is 62.4 Å². The number of benzene rings is 2. The van der Waals surface area contributed by atoms with Crippen molar-refractivity contribution in [3.05, 3.63) is 70.5 Å². The number of hydrogen-bond acceptors (Lipinski definition) is 4. The Morgan fingerprint density at radius 1 is 1.10 bits per heavy atom. The third-order valence-corrected chi connectivity index (χ3v) is 5.69. The number of para-hydroxylation sites is 1. The SMILES string of the molecule is CCCC(NC(=O)CSc1nc2ccccc2c(=O)n1C(C)C)c1ccccc1. The van der Waals surface area contributed by atoms with Crippen LogP contribution in [0.4, 0.5) is 0 Å². The number of rotatable bonds is 8. The Bertz CT molecular complexity index is 1030. The Labute approximate surface area is 175 Å². The second kappa shape index (κ2) is 9.74. The molecular formula is C23H27N3O2S. The summed E-state index contributed by atoms with van der Waals surface area (Å²) in [5.74, 6) is 0.153. The van der Waals surface area contributed by atoms with Crippen LogP contribution in [0.5, 0.6) is 0 Å². The van der Waals surface area contributed by atoms with Crippen molar-refractivity contribution in [1.29, 1.82) is 0 Å². The van der Waals surface area contributed by atoms with Gasteiger partial charge in [0.05, 0.1) is 22.7 Å². The lowest BCUT2D eigenvalue weighted by atomic mass is 10.0. The average Bonchev–Trinajstić information content (AvgIpc) is 2.72. The molecule has 1 amide bonds. The Balaban J connectivity index is 1.78. The molecule has 1 aromatic heterocycles. The molecule has 0 saturated heterocycles. The van der Waals surface area contributed by atoms with Crippen molar-refractivity contribution in [2.45, 2.75) is 50.9 Å². The highest BCUT2D eigenvalue weighted by atomic mass is 32.2. The highest BCUT2D eigenvalue weighted by Crippen LogP contribution is 2.22. The Morgan fingerprint density at radius 2 is 1.79 bits per heavy atom. The number of amides is 1. The summed E-state index contributed by atoms with van der Waals surface area (Å²) < 4.78 is 1.67. The van der Waals surface area contributed by atoms with Crippen LogP contribution in [0.1, 0.15) is 51.3 Å². The topological polar surface area (TPSA) is 64.0 Å². The zero-order valence-electron chi connectivity index (χ0n) is 17.1. The third kappa shape index (κ3) is 5.07. The predicted octanol–water partition coefficient (Wildman–Crippen LogP) is 4.73. The lowest BCUT2D eigenvalue weighted by Crippen LogP contribution is -2.30. The first-order valence-corrected chi connectivity index (χ1v) is 11.0. The number of nitrogens with one attached hydrogen (secondary N) is 1. The summed E-state index contributed by atoms with van der Waals surface area (Å²) >= 11 is 1.31. The van der Waals surface area contributed by atoms with Gasteiger partial charge in [-0.15, -0.1) is 0 Å². The van der Waals surface area contributed by atoms with Gasteiger partial charge < -0.3 is 5.32 Å². The Hall–Kier alpha value is -2.60. The van der Waals surface area contributed by atoms with Gasteiger partial charge in [0.2, 0.25) is 5.91 Å². The molecule has 6 heteroatoms. The molecule has 0 aliphatic heterocycles. The number of nitrogens with zero attached hydrogens (tertiary/aromatic N) is 2. The van der Waals surface area contributed by atoms with Crippen molar-refractivity contribution >= 4 is 28.6 Å². The summed E-state index contributed by atoms with van der Waals surface area (Å²) in [6, 6.07) is 17.3. The fraction of sp³-hybridized carbons (Fsp3) is 0.348. The lowest BCUT2D eigenvalue weighted by molar-refractivity contribution is -0.119. The van der Waals surface area contributed by atoms with Crippen molar-refractivity contribution < 1.29 is 4.79 Å². The van der Waals surface area contributed by atoms with Gasteiger partial charge >= 0.3 is 0 Å². The van der Waals surface area contributed by atoms with Crippen molar-refractivity contribution in [3.63, 3.8) is 0 Å². The molecule has 0 aliphatic rings. The molecule has 0 bridgehead atoms. The van der Waals surface area contributed by atoms with Crippen LogP contribution >= 0.6 is 11.8 Å². The van der Waals surface area contributed by atoms with Crippen LogP contribution < -0.4 is 10.9 Å². The number of hydrogen-bond donors (Lipinski definition) is 1. The maximum atomic E-state index is 12.9. The van der Waals surface area contributed by atoms with Crippen LogP contribution in [0.3, 0.4) is 0 Å². The second-order valence-electron chi connectivity index (χ2n) is 7.29. The first-order chi connectivity index (χ1) is 14.0. The van der Waals surface area contributed by atoms with Crippen molar-refractivity contribution in [2.75, 3.05) is 5.75 Å². The summed E-state index contributed by atoms with van der Waals surface area (Å²) in [7, 11) is 0. The van der Waals surface area contributed by atoms with Gasteiger partial charge in [-0.2, -0.15) is 0 Å². The molecule has 1 unspecified atom stereocenters. The van der Waals surface area contributed by atoms with Crippen LogP contribution in [0.2, 0.25) is 0 Å². The van der Waals surface area contributed by atoms with E-state index in [1.54, 1.807) is 10.6 Å². The number of thioether (sulfide) groups is 1. The van der Waals surface area contributed by atoms with E-state index in [2.05, 4.69) is 17.2 Å². The minimum atomic E-state index is -0.0679. The van der Waals surface area contributed by atoms with Crippen molar-refractivity contribution in [1.82, 2.24) is 14.9 Å². The van der Waals surface area contributed by atoms with Gasteiger partial charge in [0.25, 0.3) is 5.56 Å². The zero-order valence-corrected chi connectivity index (χ0v) is 17.9. The van der Waals surface area contributed by atoms with E-state index >= 15 is 0 Å². The van der Waals surface area contributed by atoms with Gasteiger partial charge in [0.15, 0.2) is 5.16 Å². The molecule has 3 rings (SSSR count). The van der Waals surface area contributed by atoms with Crippen LogP contribution in [0.25, 0.3) is 10.9 Å². The smallest absolute Gasteiger partial charge is 0.262 e. The maximum Gasteiger partial charge on any atom is 0.262 e. The summed E-state index contributed by atoms with van der Waals surface area (Å²) in [5, 5.41) is 4.30. The van der Waals surface area contributed by atoms with Crippen LogP contribution in [0.15, 0.2) is 64.5 Å². The molecule has 0 aliphatic carbocycles. The van der Waals surface area contributed by atoms with Crippen molar-refractivity contribution in [2.24, 2.45) is 0 Å². The minimum absolute atomic E-state index is 0.00819. The maximum absolute atomic E-state index is 12.9. The van der Waals surface area contributed by atoms with E-state index in [4.69, 9.17) is 0 Å². The largest absolute Gasteiger partial charge is 0.349 e. The molecule has 1 atom stereocenters. The molecule has 0 radical (unpaired) electrons. The van der Waals surface area contributed by atoms with Gasteiger partial charge in [-0.1, -0.05) is 67.6 Å². The zero-order chi connectivity index (χ0) is 20.8. The summed E-state index contributed by atoms with van der Waals surface area (Å²) in [4.78, 5) is 30.2. The van der Waals surface area contributed by atoms with Gasteiger partial charge in [0, 0.05) is 6.04 Å². The fourth-order valence-corrected chi connectivity index (χ4v) is 4.28. The number of carbonyl (C=O) groups excluding carboxylic acids is 1. The summed E-state index contributed by atoms with van der Waals surface area (Å²) in [6.07, 6.45) is 1.86. The van der Waals surface area contributed by atoms with E-state index in [0.29, 0.717) is 16.1 Å². The molecule has 1 heterocycles. The fourth-order valence-electron chi connectivity index (χ4n) is 3.35. The predicted molar refractivity (Wildman–Crippen MR) is 119 cm³/mol. The molecule has 29 heavy (non-hydrogen) atoms. The van der Waals surface area contributed by atoms with E-state index in [9.17, 15) is 9.59 Å². The van der Waals surface area contributed by atoms with Crippen molar-refractivity contribution in [3.8, 4) is 0 Å². The second-order valence-corrected chi connectivity index (χ2v) is 8.23. The molecule has 5 nitrogen and oxygen atoms in total. The molecular weight excluding hydrogens is 382 g/mol. The Kier molecular flexibility index (Phi) is 7.09. The quantitative estimate of drug-likeness (QED) is 0.432. The third-order valence-electron chi connectivity index (χ3n) is 4.74. The highest BCUT2D eigenvalue weighted by Gasteiger charge is 2.17.